The first-order valence-corrected chi connectivity index (χ1v) is 8.14. The van der Waals surface area contributed by atoms with Gasteiger partial charge in [0.1, 0.15) is 6.04 Å². The Morgan fingerprint density at radius 2 is 1.86 bits per heavy atom. The molecule has 0 radical (unpaired) electrons. The van der Waals surface area contributed by atoms with E-state index < -0.39 is 12.0 Å². The molecular weight excluding hydrogens is 268 g/mol. The van der Waals surface area contributed by atoms with Crippen LogP contribution in [0.25, 0.3) is 0 Å². The highest BCUT2D eigenvalue weighted by molar-refractivity contribution is 5.83. The lowest BCUT2D eigenvalue weighted by Crippen LogP contribution is -2.56. The van der Waals surface area contributed by atoms with Crippen LogP contribution < -0.4 is 0 Å². The topological polar surface area (TPSA) is 60.9 Å². The molecule has 2 amide bonds. The molecule has 5 heteroatoms. The number of carbonyl (C=O) groups is 2. The molecule has 0 aromatic heterocycles. The number of carboxylic acid groups (broad SMARTS) is 1. The Balaban J connectivity index is 2.01. The van der Waals surface area contributed by atoms with E-state index in [-0.39, 0.29) is 6.03 Å². The average Bonchev–Trinajstić information content (AvgIpc) is 2.47. The molecule has 0 aromatic rings. The van der Waals surface area contributed by atoms with Gasteiger partial charge in [0.2, 0.25) is 0 Å². The van der Waals surface area contributed by atoms with Crippen LogP contribution >= 0.6 is 0 Å². The highest BCUT2D eigenvalue weighted by atomic mass is 16.4. The van der Waals surface area contributed by atoms with Crippen LogP contribution in [-0.4, -0.2) is 52.6 Å². The lowest BCUT2D eigenvalue weighted by Gasteiger charge is -2.43. The minimum Gasteiger partial charge on any atom is -0.480 e. The fourth-order valence-electron chi connectivity index (χ4n) is 3.38. The standard InChI is InChI=1S/C16H28N2O3/c1-4-16(3)6-9-17(10-7-16)15(21)18-8-5-12(2)11-13(18)14(19)20/h12-13H,4-11H2,1-3H3,(H,19,20). The van der Waals surface area contributed by atoms with Crippen molar-refractivity contribution in [3.63, 3.8) is 0 Å². The number of urea groups is 1. The maximum absolute atomic E-state index is 12.7. The summed E-state index contributed by atoms with van der Waals surface area (Å²) in [6.07, 6.45) is 4.63. The van der Waals surface area contributed by atoms with Crippen LogP contribution in [0.1, 0.15) is 52.9 Å². The fourth-order valence-corrected chi connectivity index (χ4v) is 3.38. The van der Waals surface area contributed by atoms with Gasteiger partial charge >= 0.3 is 12.0 Å². The molecule has 2 atom stereocenters. The highest BCUT2D eigenvalue weighted by Crippen LogP contribution is 2.34. The van der Waals surface area contributed by atoms with Gasteiger partial charge in [0, 0.05) is 19.6 Å². The smallest absolute Gasteiger partial charge is 0.326 e. The molecule has 2 unspecified atom stereocenters. The van der Waals surface area contributed by atoms with Crippen LogP contribution in [0.5, 0.6) is 0 Å². The van der Waals surface area contributed by atoms with E-state index in [4.69, 9.17) is 0 Å². The van der Waals surface area contributed by atoms with Crippen molar-refractivity contribution in [2.75, 3.05) is 19.6 Å². The van der Waals surface area contributed by atoms with E-state index in [1.807, 2.05) is 4.90 Å². The molecule has 0 bridgehead atoms. The quantitative estimate of drug-likeness (QED) is 0.852. The van der Waals surface area contributed by atoms with E-state index in [1.54, 1.807) is 4.90 Å². The zero-order chi connectivity index (χ0) is 15.6. The van der Waals surface area contributed by atoms with Crippen molar-refractivity contribution >= 4 is 12.0 Å². The normalized spacial score (nSPS) is 29.3. The van der Waals surface area contributed by atoms with Crippen LogP contribution in [0.4, 0.5) is 4.79 Å². The molecule has 120 valence electrons. The van der Waals surface area contributed by atoms with Crippen LogP contribution in [0.15, 0.2) is 0 Å². The number of carboxylic acids is 1. The van der Waals surface area contributed by atoms with Gasteiger partial charge in [0.25, 0.3) is 0 Å². The molecule has 2 fully saturated rings. The SMILES string of the molecule is CCC1(C)CCN(C(=O)N2CCC(C)CC2C(=O)O)CC1. The van der Waals surface area contributed by atoms with Gasteiger partial charge in [-0.1, -0.05) is 27.2 Å². The summed E-state index contributed by atoms with van der Waals surface area (Å²) in [6, 6.07) is -0.729. The van der Waals surface area contributed by atoms with Crippen LogP contribution in [-0.2, 0) is 4.79 Å². The predicted molar refractivity (Wildman–Crippen MR) is 81.1 cm³/mol. The van der Waals surface area contributed by atoms with E-state index in [0.717, 1.165) is 38.8 Å². The summed E-state index contributed by atoms with van der Waals surface area (Å²) in [5, 5.41) is 9.38. The Morgan fingerprint density at radius 3 is 2.38 bits per heavy atom. The van der Waals surface area contributed by atoms with E-state index in [1.165, 1.54) is 0 Å². The molecule has 2 saturated heterocycles. The number of piperidine rings is 2. The number of carbonyl (C=O) groups excluding carboxylic acids is 1. The molecule has 2 aliphatic heterocycles. The monoisotopic (exact) mass is 296 g/mol. The van der Waals surface area contributed by atoms with E-state index in [2.05, 4.69) is 20.8 Å². The van der Waals surface area contributed by atoms with Gasteiger partial charge in [-0.15, -0.1) is 0 Å². The van der Waals surface area contributed by atoms with Crippen molar-refractivity contribution in [2.24, 2.45) is 11.3 Å². The summed E-state index contributed by atoms with van der Waals surface area (Å²) >= 11 is 0. The Morgan fingerprint density at radius 1 is 1.24 bits per heavy atom. The first-order valence-electron chi connectivity index (χ1n) is 8.14. The summed E-state index contributed by atoms with van der Waals surface area (Å²) in [5.74, 6) is -0.495. The number of aliphatic carboxylic acids is 1. The third-order valence-corrected chi connectivity index (χ3v) is 5.49. The number of hydrogen-bond donors (Lipinski definition) is 1. The molecule has 2 heterocycles. The third-order valence-electron chi connectivity index (χ3n) is 5.49. The van der Waals surface area contributed by atoms with Crippen molar-refractivity contribution < 1.29 is 14.7 Å². The Labute approximate surface area is 127 Å². The molecule has 1 N–H and O–H groups in total. The number of likely N-dealkylation sites (tertiary alicyclic amines) is 2. The second-order valence-electron chi connectivity index (χ2n) is 7.11. The molecule has 5 nitrogen and oxygen atoms in total. The lowest BCUT2D eigenvalue weighted by atomic mass is 9.78. The minimum atomic E-state index is -0.870. The maximum Gasteiger partial charge on any atom is 0.326 e. The van der Waals surface area contributed by atoms with Crippen LogP contribution in [0.3, 0.4) is 0 Å². The largest absolute Gasteiger partial charge is 0.480 e. The van der Waals surface area contributed by atoms with Gasteiger partial charge in [-0.05, 0) is 37.0 Å². The zero-order valence-corrected chi connectivity index (χ0v) is 13.5. The molecule has 0 saturated carbocycles. The van der Waals surface area contributed by atoms with E-state index in [9.17, 15) is 14.7 Å². The summed E-state index contributed by atoms with van der Waals surface area (Å²) in [4.78, 5) is 27.5. The molecule has 2 rings (SSSR count). The number of rotatable bonds is 2. The van der Waals surface area contributed by atoms with Crippen molar-refractivity contribution in [1.29, 1.82) is 0 Å². The summed E-state index contributed by atoms with van der Waals surface area (Å²) in [6.45, 7) is 8.61. The van der Waals surface area contributed by atoms with Gasteiger partial charge in [-0.2, -0.15) is 0 Å². The summed E-state index contributed by atoms with van der Waals surface area (Å²) < 4.78 is 0. The molecule has 0 spiro atoms. The predicted octanol–water partition coefficient (Wildman–Crippen LogP) is 2.80. The van der Waals surface area contributed by atoms with Gasteiger partial charge in [0.15, 0.2) is 0 Å². The van der Waals surface area contributed by atoms with Crippen molar-refractivity contribution in [1.82, 2.24) is 9.80 Å². The molecule has 0 aromatic carbocycles. The molecule has 2 aliphatic rings. The van der Waals surface area contributed by atoms with Gasteiger partial charge < -0.3 is 14.9 Å². The van der Waals surface area contributed by atoms with Crippen LogP contribution in [0, 0.1) is 11.3 Å². The summed E-state index contributed by atoms with van der Waals surface area (Å²) in [5.41, 5.74) is 0.333. The van der Waals surface area contributed by atoms with E-state index in [0.29, 0.717) is 24.3 Å². The molecule has 0 aliphatic carbocycles. The van der Waals surface area contributed by atoms with Gasteiger partial charge in [0.05, 0.1) is 0 Å². The Bertz CT molecular complexity index is 402. The first kappa shape index (κ1) is 16.1. The lowest BCUT2D eigenvalue weighted by molar-refractivity contribution is -0.144. The van der Waals surface area contributed by atoms with Gasteiger partial charge in [-0.3, -0.25) is 0 Å². The van der Waals surface area contributed by atoms with Crippen molar-refractivity contribution in [3.05, 3.63) is 0 Å². The number of hydrogen-bond acceptors (Lipinski definition) is 2. The number of nitrogens with zero attached hydrogens (tertiary/aromatic N) is 2. The maximum atomic E-state index is 12.7. The average molecular weight is 296 g/mol. The molecular formula is C16H28N2O3. The Kier molecular flexibility index (Phi) is 4.79. The van der Waals surface area contributed by atoms with E-state index >= 15 is 0 Å². The van der Waals surface area contributed by atoms with Crippen molar-refractivity contribution in [3.8, 4) is 0 Å². The first-order chi connectivity index (χ1) is 9.86. The molecule has 21 heavy (non-hydrogen) atoms. The van der Waals surface area contributed by atoms with Crippen molar-refractivity contribution in [2.45, 2.75) is 58.9 Å². The second-order valence-corrected chi connectivity index (χ2v) is 7.11. The van der Waals surface area contributed by atoms with Crippen LogP contribution in [0.2, 0.25) is 0 Å². The number of amides is 2. The highest BCUT2D eigenvalue weighted by Gasteiger charge is 2.38. The zero-order valence-electron chi connectivity index (χ0n) is 13.5. The third kappa shape index (κ3) is 3.50. The fraction of sp³-hybridized carbons (Fsp3) is 0.875. The minimum absolute atomic E-state index is 0.0764. The summed E-state index contributed by atoms with van der Waals surface area (Å²) in [7, 11) is 0. The second kappa shape index (κ2) is 6.24. The Hall–Kier alpha value is -1.26. The van der Waals surface area contributed by atoms with Gasteiger partial charge in [-0.25, -0.2) is 9.59 Å².